The topological polar surface area (TPSA) is 43.4 Å². The minimum Gasteiger partial charge on any atom is -0.253 e. The van der Waals surface area contributed by atoms with E-state index in [9.17, 15) is 17.2 Å². The van der Waals surface area contributed by atoms with Crippen LogP contribution < -0.4 is 0 Å². The van der Waals surface area contributed by atoms with E-state index >= 15 is 0 Å². The van der Waals surface area contributed by atoms with Gasteiger partial charge >= 0.3 is 0 Å². The highest BCUT2D eigenvalue weighted by Crippen LogP contribution is 2.30. The first-order valence-corrected chi connectivity index (χ1v) is 9.27. The lowest BCUT2D eigenvalue weighted by Crippen LogP contribution is -2.14. The van der Waals surface area contributed by atoms with Gasteiger partial charge in [0.25, 0.3) is 10.1 Å². The Balaban J connectivity index is 2.01. The van der Waals surface area contributed by atoms with Gasteiger partial charge in [-0.25, -0.2) is 8.78 Å². The summed E-state index contributed by atoms with van der Waals surface area (Å²) < 4.78 is 57.2. The second kappa shape index (κ2) is 7.35. The summed E-state index contributed by atoms with van der Waals surface area (Å²) in [4.78, 5) is 0.0114. The Hall–Kier alpha value is -2.57. The van der Waals surface area contributed by atoms with Gasteiger partial charge in [0.2, 0.25) is 0 Å². The molecule has 0 spiro atoms. The highest BCUT2D eigenvalue weighted by Gasteiger charge is 2.25. The van der Waals surface area contributed by atoms with E-state index in [0.29, 0.717) is 11.1 Å². The van der Waals surface area contributed by atoms with Crippen molar-refractivity contribution in [3.8, 4) is 0 Å². The molecule has 0 aromatic heterocycles. The van der Waals surface area contributed by atoms with Crippen LogP contribution in [0.2, 0.25) is 0 Å². The number of rotatable bonds is 5. The standard InChI is InChI=1S/C20H16F2O3S/c1-14-2-12-19(13-3-14)26(23,24)25-20(15-4-8-17(21)9-5-15)16-6-10-18(22)11-7-16/h2-13,20H,1H3. The maximum absolute atomic E-state index is 13.2. The fourth-order valence-electron chi connectivity index (χ4n) is 2.47. The number of halogens is 2. The van der Waals surface area contributed by atoms with Crippen molar-refractivity contribution in [2.24, 2.45) is 0 Å². The molecule has 0 aliphatic rings. The minimum absolute atomic E-state index is 0.0114. The fraction of sp³-hybridized carbons (Fsp3) is 0.100. The molecular formula is C20H16F2O3S. The van der Waals surface area contributed by atoms with Gasteiger partial charge < -0.3 is 0 Å². The summed E-state index contributed by atoms with van der Waals surface area (Å²) >= 11 is 0. The van der Waals surface area contributed by atoms with Crippen LogP contribution in [0.15, 0.2) is 77.7 Å². The van der Waals surface area contributed by atoms with Crippen molar-refractivity contribution >= 4 is 10.1 Å². The van der Waals surface area contributed by atoms with E-state index in [1.54, 1.807) is 12.1 Å². The van der Waals surface area contributed by atoms with Gasteiger partial charge in [-0.15, -0.1) is 0 Å². The van der Waals surface area contributed by atoms with E-state index in [2.05, 4.69) is 0 Å². The third-order valence-electron chi connectivity index (χ3n) is 3.88. The second-order valence-electron chi connectivity index (χ2n) is 5.85. The Labute approximate surface area is 151 Å². The molecule has 0 heterocycles. The van der Waals surface area contributed by atoms with Crippen LogP contribution in [-0.4, -0.2) is 8.42 Å². The summed E-state index contributed by atoms with van der Waals surface area (Å²) in [6.45, 7) is 1.84. The minimum atomic E-state index is -4.08. The van der Waals surface area contributed by atoms with Crippen LogP contribution in [0.3, 0.4) is 0 Å². The summed E-state index contributed by atoms with van der Waals surface area (Å²) in [5, 5.41) is 0. The Bertz CT molecular complexity index is 935. The smallest absolute Gasteiger partial charge is 0.253 e. The molecule has 3 aromatic rings. The molecule has 0 saturated heterocycles. The summed E-state index contributed by atoms with van der Waals surface area (Å²) in [6, 6.07) is 16.9. The average molecular weight is 374 g/mol. The summed E-state index contributed by atoms with van der Waals surface area (Å²) in [5.41, 5.74) is 1.79. The average Bonchev–Trinajstić information content (AvgIpc) is 2.62. The molecule has 0 fully saturated rings. The molecule has 134 valence electrons. The van der Waals surface area contributed by atoms with Crippen LogP contribution in [-0.2, 0) is 14.3 Å². The number of aryl methyl sites for hydroxylation is 1. The van der Waals surface area contributed by atoms with Crippen LogP contribution in [0.5, 0.6) is 0 Å². The van der Waals surface area contributed by atoms with Gasteiger partial charge in [0.05, 0.1) is 4.90 Å². The highest BCUT2D eigenvalue weighted by molar-refractivity contribution is 7.86. The molecule has 0 amide bonds. The molecule has 0 saturated carbocycles. The van der Waals surface area contributed by atoms with Crippen LogP contribution in [0.1, 0.15) is 22.8 Å². The zero-order valence-electron chi connectivity index (χ0n) is 13.9. The van der Waals surface area contributed by atoms with Crippen molar-refractivity contribution in [1.29, 1.82) is 0 Å². The van der Waals surface area contributed by atoms with Crippen LogP contribution in [0.4, 0.5) is 8.78 Å². The predicted octanol–water partition coefficient (Wildman–Crippen LogP) is 4.77. The lowest BCUT2D eigenvalue weighted by Gasteiger charge is -2.19. The lowest BCUT2D eigenvalue weighted by atomic mass is 10.0. The predicted molar refractivity (Wildman–Crippen MR) is 94.1 cm³/mol. The number of benzene rings is 3. The van der Waals surface area contributed by atoms with E-state index in [1.807, 2.05) is 6.92 Å². The van der Waals surface area contributed by atoms with Gasteiger partial charge in [-0.3, -0.25) is 4.18 Å². The highest BCUT2D eigenvalue weighted by atomic mass is 32.2. The Morgan fingerprint density at radius 3 is 1.58 bits per heavy atom. The molecule has 0 aliphatic heterocycles. The molecule has 26 heavy (non-hydrogen) atoms. The Kier molecular flexibility index (Phi) is 5.15. The van der Waals surface area contributed by atoms with Crippen molar-refractivity contribution in [2.75, 3.05) is 0 Å². The van der Waals surface area contributed by atoms with Crippen LogP contribution in [0, 0.1) is 18.6 Å². The molecule has 0 unspecified atom stereocenters. The van der Waals surface area contributed by atoms with Gasteiger partial charge in [-0.2, -0.15) is 8.42 Å². The molecule has 0 aliphatic carbocycles. The van der Waals surface area contributed by atoms with E-state index in [1.165, 1.54) is 60.7 Å². The molecule has 6 heteroatoms. The quantitative estimate of drug-likeness (QED) is 0.604. The number of hydrogen-bond acceptors (Lipinski definition) is 3. The molecule has 0 bridgehead atoms. The van der Waals surface area contributed by atoms with Crippen molar-refractivity contribution in [1.82, 2.24) is 0 Å². The zero-order valence-corrected chi connectivity index (χ0v) is 14.7. The summed E-state index contributed by atoms with van der Waals surface area (Å²) in [5.74, 6) is -0.902. The van der Waals surface area contributed by atoms with E-state index in [0.717, 1.165) is 5.56 Å². The van der Waals surface area contributed by atoms with Gasteiger partial charge in [0.1, 0.15) is 17.7 Å². The maximum atomic E-state index is 13.2. The van der Waals surface area contributed by atoms with Gasteiger partial charge in [0.15, 0.2) is 0 Å². The molecule has 3 rings (SSSR count). The van der Waals surface area contributed by atoms with Crippen molar-refractivity contribution < 1.29 is 21.4 Å². The van der Waals surface area contributed by atoms with Crippen LogP contribution >= 0.6 is 0 Å². The summed E-state index contributed by atoms with van der Waals surface area (Å²) in [7, 11) is -4.08. The SMILES string of the molecule is Cc1ccc(S(=O)(=O)OC(c2ccc(F)cc2)c2ccc(F)cc2)cc1. The van der Waals surface area contributed by atoms with E-state index < -0.39 is 27.9 Å². The van der Waals surface area contributed by atoms with Gasteiger partial charge in [-0.1, -0.05) is 42.0 Å². The molecular weight excluding hydrogens is 358 g/mol. The third kappa shape index (κ3) is 4.15. The third-order valence-corrected chi connectivity index (χ3v) is 5.17. The lowest BCUT2D eigenvalue weighted by molar-refractivity contribution is 0.253. The number of hydrogen-bond donors (Lipinski definition) is 0. The first-order valence-electron chi connectivity index (χ1n) is 7.86. The maximum Gasteiger partial charge on any atom is 0.297 e. The van der Waals surface area contributed by atoms with Crippen molar-refractivity contribution in [3.63, 3.8) is 0 Å². The Morgan fingerprint density at radius 2 is 1.15 bits per heavy atom. The monoisotopic (exact) mass is 374 g/mol. The van der Waals surface area contributed by atoms with Crippen molar-refractivity contribution in [2.45, 2.75) is 17.9 Å². The molecule has 3 nitrogen and oxygen atoms in total. The van der Waals surface area contributed by atoms with Gasteiger partial charge in [-0.05, 0) is 54.4 Å². The van der Waals surface area contributed by atoms with Crippen LogP contribution in [0.25, 0.3) is 0 Å². The fourth-order valence-corrected chi connectivity index (χ4v) is 3.52. The first-order chi connectivity index (χ1) is 12.3. The molecule has 0 N–H and O–H groups in total. The molecule has 3 aromatic carbocycles. The normalized spacial score (nSPS) is 11.7. The largest absolute Gasteiger partial charge is 0.297 e. The van der Waals surface area contributed by atoms with Gasteiger partial charge in [0, 0.05) is 0 Å². The zero-order chi connectivity index (χ0) is 18.7. The van der Waals surface area contributed by atoms with Crippen molar-refractivity contribution in [3.05, 3.63) is 101 Å². The van der Waals surface area contributed by atoms with E-state index in [-0.39, 0.29) is 4.90 Å². The second-order valence-corrected chi connectivity index (χ2v) is 7.42. The van der Waals surface area contributed by atoms with E-state index in [4.69, 9.17) is 4.18 Å². The molecule has 0 atom stereocenters. The molecule has 0 radical (unpaired) electrons. The first kappa shape index (κ1) is 18.2. The Morgan fingerprint density at radius 1 is 0.731 bits per heavy atom. The summed E-state index contributed by atoms with van der Waals surface area (Å²) in [6.07, 6.45) is -1.03.